The third-order valence-corrected chi connectivity index (χ3v) is 4.10. The Balaban J connectivity index is 1.74. The number of rotatable bonds is 5. The second-order valence-corrected chi connectivity index (χ2v) is 5.66. The van der Waals surface area contributed by atoms with E-state index in [9.17, 15) is 4.79 Å². The molecule has 2 heterocycles. The lowest BCUT2D eigenvalue weighted by molar-refractivity contribution is 0.102. The first-order valence-electron chi connectivity index (χ1n) is 7.94. The molecule has 0 fully saturated rings. The Morgan fingerprint density at radius 1 is 1.36 bits per heavy atom. The molecule has 0 bridgehead atoms. The van der Waals surface area contributed by atoms with Gasteiger partial charge in [-0.05, 0) is 43.5 Å². The number of amides is 1. The highest BCUT2D eigenvalue weighted by Gasteiger charge is 2.18. The van der Waals surface area contributed by atoms with Crippen LogP contribution in [0.3, 0.4) is 0 Å². The van der Waals surface area contributed by atoms with Crippen molar-refractivity contribution in [2.45, 2.75) is 33.1 Å². The molecule has 0 spiro atoms. The van der Waals surface area contributed by atoms with Gasteiger partial charge in [-0.1, -0.05) is 19.4 Å². The summed E-state index contributed by atoms with van der Waals surface area (Å²) in [7, 11) is 0. The largest absolute Gasteiger partial charge is 0.371 e. The normalized spacial score (nSPS) is 13.3. The van der Waals surface area contributed by atoms with E-state index in [1.165, 1.54) is 11.3 Å². The second-order valence-electron chi connectivity index (χ2n) is 5.66. The van der Waals surface area contributed by atoms with Gasteiger partial charge in [0.2, 0.25) is 0 Å². The van der Waals surface area contributed by atoms with Gasteiger partial charge in [0.15, 0.2) is 5.69 Å². The van der Waals surface area contributed by atoms with Crippen molar-refractivity contribution in [2.24, 2.45) is 0 Å². The number of anilines is 2. The maximum Gasteiger partial charge on any atom is 0.276 e. The average Bonchev–Trinajstić information content (AvgIpc) is 3.14. The Morgan fingerprint density at radius 3 is 3.00 bits per heavy atom. The second kappa shape index (κ2) is 6.22. The van der Waals surface area contributed by atoms with E-state index >= 15 is 0 Å². The molecule has 116 valence electrons. The fraction of sp³-hybridized carbons (Fsp3) is 0.412. The fourth-order valence-electron chi connectivity index (χ4n) is 2.92. The smallest absolute Gasteiger partial charge is 0.276 e. The average molecular weight is 298 g/mol. The number of hydrogen-bond acceptors (Lipinski definition) is 3. The lowest BCUT2D eigenvalue weighted by Crippen LogP contribution is -2.19. The molecule has 1 aromatic heterocycles. The van der Waals surface area contributed by atoms with Crippen LogP contribution in [0.1, 0.15) is 42.0 Å². The van der Waals surface area contributed by atoms with Crippen LogP contribution < -0.4 is 10.2 Å². The predicted octanol–water partition coefficient (Wildman–Crippen LogP) is 3.00. The van der Waals surface area contributed by atoms with Crippen molar-refractivity contribution in [1.82, 2.24) is 10.2 Å². The number of aromatic amines is 1. The molecule has 2 aromatic rings. The number of carbonyl (C=O) groups excluding carboxylic acids is 1. The van der Waals surface area contributed by atoms with Gasteiger partial charge in [0.25, 0.3) is 5.91 Å². The van der Waals surface area contributed by atoms with E-state index in [2.05, 4.69) is 46.4 Å². The van der Waals surface area contributed by atoms with Gasteiger partial charge in [0.1, 0.15) is 0 Å². The Bertz CT molecular complexity index is 677. The van der Waals surface area contributed by atoms with Crippen LogP contribution in [0.4, 0.5) is 11.4 Å². The number of likely N-dealkylation sites (N-methyl/N-ethyl adjacent to an activating group) is 1. The minimum atomic E-state index is -0.167. The Hall–Kier alpha value is -2.30. The van der Waals surface area contributed by atoms with E-state index < -0.39 is 0 Å². The molecule has 0 saturated carbocycles. The molecule has 1 aliphatic rings. The van der Waals surface area contributed by atoms with E-state index in [0.29, 0.717) is 5.69 Å². The van der Waals surface area contributed by atoms with Crippen LogP contribution in [0.5, 0.6) is 0 Å². The van der Waals surface area contributed by atoms with E-state index in [1.807, 2.05) is 12.1 Å². The van der Waals surface area contributed by atoms with Gasteiger partial charge >= 0.3 is 0 Å². The number of benzene rings is 1. The molecular formula is C17H22N4O. The summed E-state index contributed by atoms with van der Waals surface area (Å²) in [4.78, 5) is 14.6. The highest BCUT2D eigenvalue weighted by atomic mass is 16.1. The van der Waals surface area contributed by atoms with Gasteiger partial charge in [-0.15, -0.1) is 0 Å². The molecule has 0 atom stereocenters. The van der Waals surface area contributed by atoms with Crippen molar-refractivity contribution in [1.29, 1.82) is 0 Å². The minimum Gasteiger partial charge on any atom is -0.371 e. The van der Waals surface area contributed by atoms with Gasteiger partial charge in [-0.2, -0.15) is 5.10 Å². The highest BCUT2D eigenvalue weighted by Crippen LogP contribution is 2.30. The predicted molar refractivity (Wildman–Crippen MR) is 88.6 cm³/mol. The first-order chi connectivity index (χ1) is 10.7. The number of nitrogens with zero attached hydrogens (tertiary/aromatic N) is 2. The van der Waals surface area contributed by atoms with Crippen LogP contribution in [0.15, 0.2) is 24.3 Å². The monoisotopic (exact) mass is 298 g/mol. The molecule has 2 N–H and O–H groups in total. The van der Waals surface area contributed by atoms with E-state index in [0.717, 1.165) is 43.7 Å². The first kappa shape index (κ1) is 14.6. The minimum absolute atomic E-state index is 0.167. The number of hydrogen-bond donors (Lipinski definition) is 2. The zero-order chi connectivity index (χ0) is 15.5. The molecule has 22 heavy (non-hydrogen) atoms. The maximum absolute atomic E-state index is 12.3. The van der Waals surface area contributed by atoms with Crippen LogP contribution in [0.25, 0.3) is 0 Å². The lowest BCUT2D eigenvalue weighted by atomic mass is 10.1. The molecule has 0 radical (unpaired) electrons. The van der Waals surface area contributed by atoms with Crippen LogP contribution in [-0.4, -0.2) is 29.2 Å². The number of nitrogens with one attached hydrogen (secondary N) is 2. The summed E-state index contributed by atoms with van der Waals surface area (Å²) in [5, 5.41) is 9.94. The standard InChI is InChI=1S/C17H22N4O/c1-3-5-14-10-15(20-19-14)17(22)18-13-7-6-12-8-9-21(4-2)16(12)11-13/h6-7,10-11H,3-5,8-9H2,1-2H3,(H,18,22)(H,19,20). The van der Waals surface area contributed by atoms with Crippen LogP contribution in [0, 0.1) is 0 Å². The number of fused-ring (bicyclic) bond motifs is 1. The van der Waals surface area contributed by atoms with E-state index in [1.54, 1.807) is 0 Å². The first-order valence-corrected chi connectivity index (χ1v) is 7.94. The Labute approximate surface area is 130 Å². The number of H-pyrrole nitrogens is 1. The number of aromatic nitrogens is 2. The summed E-state index contributed by atoms with van der Waals surface area (Å²) in [6.45, 7) is 6.30. The topological polar surface area (TPSA) is 61.0 Å². The number of aryl methyl sites for hydroxylation is 1. The highest BCUT2D eigenvalue weighted by molar-refractivity contribution is 6.03. The van der Waals surface area contributed by atoms with Gasteiger partial charge in [-0.3, -0.25) is 9.89 Å². The molecule has 0 aliphatic carbocycles. The molecule has 5 nitrogen and oxygen atoms in total. The van der Waals surface area contributed by atoms with Crippen molar-refractivity contribution in [3.05, 3.63) is 41.2 Å². The van der Waals surface area contributed by atoms with Gasteiger partial charge in [-0.25, -0.2) is 0 Å². The molecule has 1 aliphatic heterocycles. The third kappa shape index (κ3) is 2.84. The van der Waals surface area contributed by atoms with Crippen molar-refractivity contribution in [2.75, 3.05) is 23.3 Å². The summed E-state index contributed by atoms with van der Waals surface area (Å²) in [5.41, 5.74) is 4.85. The summed E-state index contributed by atoms with van der Waals surface area (Å²) in [6.07, 6.45) is 3.02. The Kier molecular flexibility index (Phi) is 4.13. The molecule has 1 amide bonds. The molecule has 5 heteroatoms. The van der Waals surface area contributed by atoms with Gasteiger partial charge in [0.05, 0.1) is 0 Å². The van der Waals surface area contributed by atoms with Crippen LogP contribution in [0.2, 0.25) is 0 Å². The SMILES string of the molecule is CCCc1cc(C(=O)Nc2ccc3c(c2)N(CC)CC3)n[nH]1. The zero-order valence-corrected chi connectivity index (χ0v) is 13.1. The van der Waals surface area contributed by atoms with Crippen molar-refractivity contribution < 1.29 is 4.79 Å². The number of carbonyl (C=O) groups is 1. The molecule has 1 aromatic carbocycles. The van der Waals surface area contributed by atoms with E-state index in [4.69, 9.17) is 0 Å². The maximum atomic E-state index is 12.3. The summed E-state index contributed by atoms with van der Waals surface area (Å²) in [6, 6.07) is 7.96. The zero-order valence-electron chi connectivity index (χ0n) is 13.1. The van der Waals surface area contributed by atoms with Crippen LogP contribution >= 0.6 is 0 Å². The van der Waals surface area contributed by atoms with Crippen LogP contribution in [-0.2, 0) is 12.8 Å². The van der Waals surface area contributed by atoms with Gasteiger partial charge < -0.3 is 10.2 Å². The summed E-state index contributed by atoms with van der Waals surface area (Å²) < 4.78 is 0. The molecule has 0 unspecified atom stereocenters. The van der Waals surface area contributed by atoms with E-state index in [-0.39, 0.29) is 5.91 Å². The lowest BCUT2D eigenvalue weighted by Gasteiger charge is -2.17. The Morgan fingerprint density at radius 2 is 2.23 bits per heavy atom. The molecule has 0 saturated heterocycles. The van der Waals surface area contributed by atoms with Crippen molar-refractivity contribution in [3.63, 3.8) is 0 Å². The van der Waals surface area contributed by atoms with Gasteiger partial charge in [0, 0.05) is 30.2 Å². The molecule has 3 rings (SSSR count). The third-order valence-electron chi connectivity index (χ3n) is 4.10. The quantitative estimate of drug-likeness (QED) is 0.892. The summed E-state index contributed by atoms with van der Waals surface area (Å²) in [5.74, 6) is -0.167. The van der Waals surface area contributed by atoms with Crippen molar-refractivity contribution in [3.8, 4) is 0 Å². The van der Waals surface area contributed by atoms with Crippen molar-refractivity contribution >= 4 is 17.3 Å². The summed E-state index contributed by atoms with van der Waals surface area (Å²) >= 11 is 0. The fourth-order valence-corrected chi connectivity index (χ4v) is 2.92. The molecular weight excluding hydrogens is 276 g/mol.